The summed E-state index contributed by atoms with van der Waals surface area (Å²) in [5, 5.41) is 0. The Morgan fingerprint density at radius 2 is 1.23 bits per heavy atom. The molecule has 0 saturated carbocycles. The standard InChI is InChI=1S/C31H28N3.BF4/c1-21-18-22(2)29(23(3)19-21)33-20-34-30(25-14-8-5-9-15-25)28(24-12-6-4-7-13-24)32-31(34)26-16-10-11-17-27(26)33;2-1(3,4)5/h4-20,28,30H,1-3H3;/q+1;-1. The average Bonchev–Trinajstić information content (AvgIpc) is 3.28. The molecule has 2 heterocycles. The predicted molar refractivity (Wildman–Crippen MR) is 151 cm³/mol. The van der Waals surface area contributed by atoms with Gasteiger partial charge in [0.1, 0.15) is 17.4 Å². The molecule has 2 atom stereocenters. The zero-order valence-corrected chi connectivity index (χ0v) is 21.9. The van der Waals surface area contributed by atoms with Crippen LogP contribution in [0.25, 0.3) is 0 Å². The average molecular weight is 529 g/mol. The molecule has 2 aliphatic heterocycles. The number of nitrogens with zero attached hydrogens (tertiary/aromatic N) is 3. The van der Waals surface area contributed by atoms with Crippen LogP contribution in [0.2, 0.25) is 0 Å². The molecule has 0 saturated heterocycles. The fourth-order valence-electron chi connectivity index (χ4n) is 5.58. The maximum absolute atomic E-state index is 9.75. The minimum absolute atomic E-state index is 0.0167. The number of aryl methyl sites for hydroxylation is 3. The largest absolute Gasteiger partial charge is 0.673 e. The summed E-state index contributed by atoms with van der Waals surface area (Å²) in [6.07, 6.45) is 2.27. The number of benzene rings is 4. The van der Waals surface area contributed by atoms with E-state index in [0.29, 0.717) is 0 Å². The van der Waals surface area contributed by atoms with Crippen molar-refractivity contribution in [2.24, 2.45) is 4.99 Å². The summed E-state index contributed by atoms with van der Waals surface area (Å²) in [7, 11) is -6.00. The van der Waals surface area contributed by atoms with Gasteiger partial charge >= 0.3 is 7.25 Å². The van der Waals surface area contributed by atoms with Crippen molar-refractivity contribution in [1.29, 1.82) is 0 Å². The molecular formula is C31H28BF4N3. The Bertz CT molecular complexity index is 1520. The lowest BCUT2D eigenvalue weighted by Crippen LogP contribution is -2.36. The summed E-state index contributed by atoms with van der Waals surface area (Å²) in [6, 6.07) is 34.7. The van der Waals surface area contributed by atoms with Crippen LogP contribution in [0.5, 0.6) is 0 Å². The number of hydrogen-bond acceptors (Lipinski definition) is 2. The summed E-state index contributed by atoms with van der Waals surface area (Å²) in [5.74, 6) is 1.04. The van der Waals surface area contributed by atoms with E-state index in [1.54, 1.807) is 0 Å². The van der Waals surface area contributed by atoms with Gasteiger partial charge in [0, 0.05) is 0 Å². The lowest BCUT2D eigenvalue weighted by molar-refractivity contribution is -0.450. The van der Waals surface area contributed by atoms with Crippen molar-refractivity contribution in [3.8, 4) is 0 Å². The Morgan fingerprint density at radius 3 is 1.82 bits per heavy atom. The van der Waals surface area contributed by atoms with E-state index >= 15 is 0 Å². The van der Waals surface area contributed by atoms with Crippen LogP contribution in [-0.4, -0.2) is 24.0 Å². The highest BCUT2D eigenvalue weighted by molar-refractivity contribution is 6.50. The van der Waals surface area contributed by atoms with E-state index in [-0.39, 0.29) is 12.1 Å². The molecule has 6 rings (SSSR count). The molecule has 4 aromatic carbocycles. The highest BCUT2D eigenvalue weighted by atomic mass is 19.5. The molecule has 8 heteroatoms. The molecule has 0 amide bonds. The molecule has 198 valence electrons. The van der Waals surface area contributed by atoms with Crippen molar-refractivity contribution in [3.63, 3.8) is 0 Å². The smallest absolute Gasteiger partial charge is 0.418 e. The van der Waals surface area contributed by atoms with Crippen molar-refractivity contribution < 1.29 is 21.8 Å². The summed E-state index contributed by atoms with van der Waals surface area (Å²) in [6.45, 7) is 6.58. The van der Waals surface area contributed by atoms with Gasteiger partial charge in [-0.2, -0.15) is 0 Å². The number of rotatable bonds is 3. The van der Waals surface area contributed by atoms with Crippen LogP contribution >= 0.6 is 0 Å². The van der Waals surface area contributed by atoms with Gasteiger partial charge in [-0.25, -0.2) is 9.48 Å². The van der Waals surface area contributed by atoms with Crippen LogP contribution in [0, 0.1) is 20.8 Å². The van der Waals surface area contributed by atoms with Crippen LogP contribution in [0.1, 0.15) is 45.5 Å². The first-order valence-electron chi connectivity index (χ1n) is 12.8. The van der Waals surface area contributed by atoms with Gasteiger partial charge in [-0.15, -0.1) is 4.99 Å². The lowest BCUT2D eigenvalue weighted by atomic mass is 9.94. The Hall–Kier alpha value is -4.20. The van der Waals surface area contributed by atoms with Crippen LogP contribution in [0.15, 0.2) is 102 Å². The van der Waals surface area contributed by atoms with Crippen molar-refractivity contribution in [1.82, 2.24) is 0 Å². The topological polar surface area (TPSA) is 18.6 Å². The van der Waals surface area contributed by atoms with Gasteiger partial charge in [-0.05, 0) is 55.2 Å². The first kappa shape index (κ1) is 26.4. The minimum atomic E-state index is -6.00. The van der Waals surface area contributed by atoms with Gasteiger partial charge in [0.05, 0.1) is 5.56 Å². The second kappa shape index (κ2) is 10.5. The summed E-state index contributed by atoms with van der Waals surface area (Å²) >= 11 is 0. The molecule has 2 aliphatic rings. The first-order chi connectivity index (χ1) is 18.6. The van der Waals surface area contributed by atoms with E-state index in [9.17, 15) is 17.3 Å². The molecule has 0 aromatic heterocycles. The number of halogens is 4. The highest BCUT2D eigenvalue weighted by Crippen LogP contribution is 2.45. The third-order valence-electron chi connectivity index (χ3n) is 6.91. The Kier molecular flexibility index (Phi) is 7.13. The van der Waals surface area contributed by atoms with E-state index in [1.165, 1.54) is 44.8 Å². The molecule has 0 fully saturated rings. The van der Waals surface area contributed by atoms with Gasteiger partial charge in [0.15, 0.2) is 12.4 Å². The minimum Gasteiger partial charge on any atom is -0.418 e. The van der Waals surface area contributed by atoms with E-state index in [4.69, 9.17) is 4.99 Å². The highest BCUT2D eigenvalue weighted by Gasteiger charge is 2.46. The second-order valence-corrected chi connectivity index (χ2v) is 9.82. The molecule has 0 aliphatic carbocycles. The maximum Gasteiger partial charge on any atom is 0.673 e. The van der Waals surface area contributed by atoms with Crippen molar-refractivity contribution >= 4 is 30.8 Å². The van der Waals surface area contributed by atoms with E-state index in [0.717, 1.165) is 5.84 Å². The van der Waals surface area contributed by atoms with Crippen LogP contribution < -0.4 is 4.90 Å². The predicted octanol–water partition coefficient (Wildman–Crippen LogP) is 8.35. The number of para-hydroxylation sites is 1. The van der Waals surface area contributed by atoms with Gasteiger partial charge < -0.3 is 17.3 Å². The fraction of sp³-hybridized carbons (Fsp3) is 0.161. The summed E-state index contributed by atoms with van der Waals surface area (Å²) < 4.78 is 41.4. The summed E-state index contributed by atoms with van der Waals surface area (Å²) in [4.78, 5) is 7.71. The Balaban J connectivity index is 0.000000567. The zero-order chi connectivity index (χ0) is 27.7. The fourth-order valence-corrected chi connectivity index (χ4v) is 5.58. The lowest BCUT2D eigenvalue weighted by Gasteiger charge is -2.28. The molecule has 0 N–H and O–H groups in total. The van der Waals surface area contributed by atoms with Crippen molar-refractivity contribution in [3.05, 3.63) is 130 Å². The first-order valence-corrected chi connectivity index (χ1v) is 12.8. The molecule has 39 heavy (non-hydrogen) atoms. The van der Waals surface area contributed by atoms with Crippen molar-refractivity contribution in [2.45, 2.75) is 32.9 Å². The third kappa shape index (κ3) is 5.51. The second-order valence-electron chi connectivity index (χ2n) is 9.82. The van der Waals surface area contributed by atoms with Gasteiger partial charge in [-0.3, -0.25) is 0 Å². The number of anilines is 2. The van der Waals surface area contributed by atoms with Crippen molar-refractivity contribution in [2.75, 3.05) is 4.90 Å². The SMILES string of the molecule is Cc1cc(C)c(N2C=[N+]3C(=NC(c4ccccc4)C3c3ccccc3)c3ccccc32)c(C)c1.F[B-](F)(F)F. The van der Waals surface area contributed by atoms with E-state index in [1.807, 2.05) is 0 Å². The number of hydrogen-bond donors (Lipinski definition) is 0. The quantitative estimate of drug-likeness (QED) is 0.148. The molecular weight excluding hydrogens is 501 g/mol. The number of fused-ring (bicyclic) bond motifs is 3. The Labute approximate surface area is 225 Å². The molecule has 2 unspecified atom stereocenters. The van der Waals surface area contributed by atoms with E-state index < -0.39 is 7.25 Å². The molecule has 0 spiro atoms. The molecule has 4 aromatic rings. The van der Waals surface area contributed by atoms with E-state index in [2.05, 4.69) is 134 Å². The maximum atomic E-state index is 9.75. The van der Waals surface area contributed by atoms with Gasteiger partial charge in [0.2, 0.25) is 0 Å². The van der Waals surface area contributed by atoms with Crippen LogP contribution in [0.3, 0.4) is 0 Å². The normalized spacial score (nSPS) is 17.9. The molecule has 0 radical (unpaired) electrons. The summed E-state index contributed by atoms with van der Waals surface area (Å²) in [5.41, 5.74) is 9.93. The molecule has 0 bridgehead atoms. The van der Waals surface area contributed by atoms with Crippen LogP contribution in [0.4, 0.5) is 28.6 Å². The molecule has 3 nitrogen and oxygen atoms in total. The number of aliphatic imine (C=N–C) groups is 1. The van der Waals surface area contributed by atoms with Gasteiger partial charge in [0.25, 0.3) is 5.84 Å². The Morgan fingerprint density at radius 1 is 0.718 bits per heavy atom. The van der Waals surface area contributed by atoms with Gasteiger partial charge in [-0.1, -0.05) is 90.5 Å². The number of amidine groups is 1. The third-order valence-corrected chi connectivity index (χ3v) is 6.91. The monoisotopic (exact) mass is 529 g/mol. The zero-order valence-electron chi connectivity index (χ0n) is 21.9. The van der Waals surface area contributed by atoms with Crippen LogP contribution in [-0.2, 0) is 0 Å².